The van der Waals surface area contributed by atoms with Crippen molar-refractivity contribution in [1.29, 1.82) is 0 Å². The van der Waals surface area contributed by atoms with E-state index in [9.17, 15) is 9.59 Å². The molecule has 1 aliphatic heterocycles. The standard InChI is InChI=1S/C27H43ClN4O3/c1-3-30-25(33)19-35-26(21-11-7-13-23(28)16-21)22-12-8-14-32(18-22)27(34)31-24(17-29-2)15-20-9-5-4-6-10-20/h7,11,13,16,20,22,24,26,29H,3-6,8-10,12,14-15,17-19H2,1-2H3,(H,30,33)(H,31,34)/t22-,24+,26-/m1/s1. The fourth-order valence-corrected chi connectivity index (χ4v) is 5.77. The smallest absolute Gasteiger partial charge is 0.317 e. The maximum absolute atomic E-state index is 13.3. The van der Waals surface area contributed by atoms with Crippen molar-refractivity contribution in [2.75, 3.05) is 39.8 Å². The number of halogens is 1. The predicted molar refractivity (Wildman–Crippen MR) is 141 cm³/mol. The zero-order chi connectivity index (χ0) is 25.0. The Morgan fingerprint density at radius 2 is 1.97 bits per heavy atom. The van der Waals surface area contributed by atoms with E-state index in [1.165, 1.54) is 32.1 Å². The number of likely N-dealkylation sites (N-methyl/N-ethyl adjacent to an activating group) is 2. The van der Waals surface area contributed by atoms with E-state index in [4.69, 9.17) is 16.3 Å². The van der Waals surface area contributed by atoms with Crippen LogP contribution in [0.25, 0.3) is 0 Å². The molecule has 8 heteroatoms. The third-order valence-electron chi connectivity index (χ3n) is 7.24. The van der Waals surface area contributed by atoms with E-state index in [0.717, 1.165) is 37.9 Å². The Kier molecular flexibility index (Phi) is 11.6. The minimum Gasteiger partial charge on any atom is -0.363 e. The number of benzene rings is 1. The van der Waals surface area contributed by atoms with Crippen LogP contribution in [-0.2, 0) is 9.53 Å². The number of ether oxygens (including phenoxy) is 1. The largest absolute Gasteiger partial charge is 0.363 e. The Labute approximate surface area is 215 Å². The highest BCUT2D eigenvalue weighted by Gasteiger charge is 2.32. The summed E-state index contributed by atoms with van der Waals surface area (Å²) in [5.74, 6) is 0.650. The molecule has 3 rings (SSSR count). The van der Waals surface area contributed by atoms with Crippen LogP contribution in [0, 0.1) is 11.8 Å². The maximum atomic E-state index is 13.3. The van der Waals surface area contributed by atoms with Crippen LogP contribution in [0.4, 0.5) is 4.79 Å². The summed E-state index contributed by atoms with van der Waals surface area (Å²) in [6.07, 6.45) is 9.05. The first-order chi connectivity index (χ1) is 17.0. The van der Waals surface area contributed by atoms with E-state index in [1.807, 2.05) is 43.1 Å². The number of nitrogens with one attached hydrogen (secondary N) is 3. The molecule has 7 nitrogen and oxygen atoms in total. The molecule has 1 saturated heterocycles. The average Bonchev–Trinajstić information content (AvgIpc) is 2.85. The zero-order valence-electron chi connectivity index (χ0n) is 21.4. The van der Waals surface area contributed by atoms with Gasteiger partial charge in [0, 0.05) is 43.2 Å². The molecule has 35 heavy (non-hydrogen) atoms. The fraction of sp³-hybridized carbons (Fsp3) is 0.704. The highest BCUT2D eigenvalue weighted by molar-refractivity contribution is 6.30. The first-order valence-corrected chi connectivity index (χ1v) is 13.7. The van der Waals surface area contributed by atoms with E-state index in [-0.39, 0.29) is 36.6 Å². The fourth-order valence-electron chi connectivity index (χ4n) is 5.57. The molecule has 0 unspecified atom stereocenters. The Morgan fingerprint density at radius 3 is 2.69 bits per heavy atom. The van der Waals surface area contributed by atoms with E-state index < -0.39 is 0 Å². The minimum atomic E-state index is -0.303. The van der Waals surface area contributed by atoms with Gasteiger partial charge in [-0.05, 0) is 56.8 Å². The molecule has 3 N–H and O–H groups in total. The van der Waals surface area contributed by atoms with Crippen LogP contribution in [0.1, 0.15) is 70.0 Å². The predicted octanol–water partition coefficient (Wildman–Crippen LogP) is 4.51. The van der Waals surface area contributed by atoms with Crippen LogP contribution in [0.15, 0.2) is 24.3 Å². The SMILES string of the molecule is CCNC(=O)CO[C@H](c1cccc(Cl)c1)[C@@H]1CCCN(C(=O)N[C@H](CNC)CC2CCCCC2)C1. The van der Waals surface area contributed by atoms with Gasteiger partial charge in [0.05, 0.1) is 6.10 Å². The summed E-state index contributed by atoms with van der Waals surface area (Å²) in [7, 11) is 1.94. The van der Waals surface area contributed by atoms with Crippen LogP contribution in [-0.4, -0.2) is 62.7 Å². The molecule has 1 aromatic carbocycles. The van der Waals surface area contributed by atoms with E-state index in [2.05, 4.69) is 16.0 Å². The minimum absolute atomic E-state index is 0.000621. The van der Waals surface area contributed by atoms with Crippen molar-refractivity contribution >= 4 is 23.5 Å². The van der Waals surface area contributed by atoms with Gasteiger partial charge in [-0.1, -0.05) is 55.8 Å². The molecule has 2 aliphatic rings. The first-order valence-electron chi connectivity index (χ1n) is 13.3. The van der Waals surface area contributed by atoms with Gasteiger partial charge in [0.15, 0.2) is 0 Å². The Morgan fingerprint density at radius 1 is 1.17 bits per heavy atom. The van der Waals surface area contributed by atoms with Gasteiger partial charge in [0.25, 0.3) is 0 Å². The van der Waals surface area contributed by atoms with Gasteiger partial charge in [-0.2, -0.15) is 0 Å². The highest BCUT2D eigenvalue weighted by Crippen LogP contribution is 2.34. The topological polar surface area (TPSA) is 82.7 Å². The summed E-state index contributed by atoms with van der Waals surface area (Å²) in [4.78, 5) is 27.3. The van der Waals surface area contributed by atoms with Gasteiger partial charge >= 0.3 is 6.03 Å². The summed E-state index contributed by atoms with van der Waals surface area (Å²) in [6.45, 7) is 4.54. The second-order valence-corrected chi connectivity index (χ2v) is 10.5. The molecule has 3 amide bonds. The zero-order valence-corrected chi connectivity index (χ0v) is 22.1. The lowest BCUT2D eigenvalue weighted by Gasteiger charge is -2.38. The number of rotatable bonds is 11. The number of urea groups is 1. The maximum Gasteiger partial charge on any atom is 0.317 e. The molecular weight excluding hydrogens is 464 g/mol. The van der Waals surface area contributed by atoms with Crippen LogP contribution in [0.2, 0.25) is 5.02 Å². The molecule has 2 fully saturated rings. The van der Waals surface area contributed by atoms with E-state index in [1.54, 1.807) is 0 Å². The van der Waals surface area contributed by atoms with Crippen LogP contribution in [0.3, 0.4) is 0 Å². The molecular formula is C27H43ClN4O3. The lowest BCUT2D eigenvalue weighted by atomic mass is 9.85. The Hall–Kier alpha value is -1.83. The first kappa shape index (κ1) is 27.8. The molecule has 0 aromatic heterocycles. The van der Waals surface area contributed by atoms with Gasteiger partial charge in [-0.25, -0.2) is 4.79 Å². The summed E-state index contributed by atoms with van der Waals surface area (Å²) in [6, 6.07) is 7.76. The third kappa shape index (κ3) is 8.96. The molecule has 0 spiro atoms. The normalized spacial score (nSPS) is 20.8. The van der Waals surface area contributed by atoms with Crippen molar-refractivity contribution in [3.05, 3.63) is 34.9 Å². The number of nitrogens with zero attached hydrogens (tertiary/aromatic N) is 1. The second-order valence-electron chi connectivity index (χ2n) is 10.0. The van der Waals surface area contributed by atoms with Crippen LogP contribution >= 0.6 is 11.6 Å². The summed E-state index contributed by atoms with van der Waals surface area (Å²) >= 11 is 6.27. The second kappa shape index (κ2) is 14.7. The van der Waals surface area contributed by atoms with Gasteiger partial charge < -0.3 is 25.6 Å². The number of amides is 3. The summed E-state index contributed by atoms with van der Waals surface area (Å²) in [5.41, 5.74) is 0.944. The number of piperidine rings is 1. The summed E-state index contributed by atoms with van der Waals surface area (Å²) < 4.78 is 6.15. The molecule has 196 valence electrons. The van der Waals surface area contributed by atoms with Crippen molar-refractivity contribution in [3.63, 3.8) is 0 Å². The average molecular weight is 507 g/mol. The number of carbonyl (C=O) groups is 2. The number of carbonyl (C=O) groups excluding carboxylic acids is 2. The van der Waals surface area contributed by atoms with Crippen LogP contribution < -0.4 is 16.0 Å². The van der Waals surface area contributed by atoms with E-state index >= 15 is 0 Å². The van der Waals surface area contributed by atoms with Gasteiger partial charge in [0.1, 0.15) is 6.61 Å². The molecule has 0 bridgehead atoms. The number of likely N-dealkylation sites (tertiary alicyclic amines) is 1. The lowest BCUT2D eigenvalue weighted by molar-refractivity contribution is -0.129. The lowest BCUT2D eigenvalue weighted by Crippen LogP contribution is -2.52. The Balaban J connectivity index is 1.64. The van der Waals surface area contributed by atoms with Gasteiger partial charge in [-0.3, -0.25) is 4.79 Å². The molecule has 1 saturated carbocycles. The van der Waals surface area contributed by atoms with Crippen molar-refractivity contribution in [3.8, 4) is 0 Å². The third-order valence-corrected chi connectivity index (χ3v) is 7.47. The van der Waals surface area contributed by atoms with Crippen molar-refractivity contribution < 1.29 is 14.3 Å². The van der Waals surface area contributed by atoms with Gasteiger partial charge in [-0.15, -0.1) is 0 Å². The van der Waals surface area contributed by atoms with Gasteiger partial charge in [0.2, 0.25) is 5.91 Å². The summed E-state index contributed by atoms with van der Waals surface area (Å²) in [5, 5.41) is 9.99. The Bertz CT molecular complexity index is 802. The molecule has 1 aliphatic carbocycles. The van der Waals surface area contributed by atoms with Crippen molar-refractivity contribution in [2.24, 2.45) is 11.8 Å². The number of hydrogen-bond donors (Lipinski definition) is 3. The highest BCUT2D eigenvalue weighted by atomic mass is 35.5. The van der Waals surface area contributed by atoms with Crippen molar-refractivity contribution in [1.82, 2.24) is 20.9 Å². The molecule has 1 heterocycles. The molecule has 3 atom stereocenters. The molecule has 0 radical (unpaired) electrons. The van der Waals surface area contributed by atoms with E-state index in [0.29, 0.717) is 24.0 Å². The van der Waals surface area contributed by atoms with Crippen molar-refractivity contribution in [2.45, 2.75) is 70.4 Å². The number of hydrogen-bond acceptors (Lipinski definition) is 4. The van der Waals surface area contributed by atoms with Crippen LogP contribution in [0.5, 0.6) is 0 Å². The quantitative estimate of drug-likeness (QED) is 0.412. The monoisotopic (exact) mass is 506 g/mol. The molecule has 1 aromatic rings.